The quantitative estimate of drug-likeness (QED) is 0.830. The Labute approximate surface area is 84.3 Å². The van der Waals surface area contributed by atoms with Crippen LogP contribution < -0.4 is 5.73 Å². The summed E-state index contributed by atoms with van der Waals surface area (Å²) < 4.78 is 0. The molecular weight excluding hydrogens is 202 g/mol. The minimum absolute atomic E-state index is 0.612. The van der Waals surface area contributed by atoms with E-state index in [1.807, 2.05) is 11.6 Å². The summed E-state index contributed by atoms with van der Waals surface area (Å²) in [6.45, 7) is 2.10. The molecule has 0 saturated carbocycles. The van der Waals surface area contributed by atoms with Crippen molar-refractivity contribution in [2.75, 3.05) is 5.73 Å². The van der Waals surface area contributed by atoms with Gasteiger partial charge in [-0.1, -0.05) is 6.92 Å². The second kappa shape index (κ2) is 3.43. The maximum absolute atomic E-state index is 5.55. The molecule has 0 aliphatic heterocycles. The second-order valence-corrected chi connectivity index (χ2v) is 4.55. The van der Waals surface area contributed by atoms with Gasteiger partial charge in [-0.25, -0.2) is 9.97 Å². The Bertz CT molecular complexity index is 405. The number of nitrogens with zero attached hydrogens (tertiary/aromatic N) is 2. The maximum atomic E-state index is 5.55. The standard InChI is InChI=1S/C8H9N3S2/c1-2-7-10-3-6(13-7)5-4-12-8(9)11-5/h3-4H,2H2,1H3,(H2,9,11). The molecule has 2 rings (SSSR count). The summed E-state index contributed by atoms with van der Waals surface area (Å²) in [5, 5.41) is 3.71. The zero-order chi connectivity index (χ0) is 9.26. The van der Waals surface area contributed by atoms with Crippen molar-refractivity contribution in [1.82, 2.24) is 9.97 Å². The highest BCUT2D eigenvalue weighted by molar-refractivity contribution is 7.16. The molecule has 0 atom stereocenters. The first-order chi connectivity index (χ1) is 6.29. The molecule has 0 aliphatic rings. The van der Waals surface area contributed by atoms with Gasteiger partial charge in [-0.05, 0) is 6.42 Å². The molecule has 0 aromatic carbocycles. The number of thiazole rings is 2. The number of anilines is 1. The molecule has 13 heavy (non-hydrogen) atoms. The number of hydrogen-bond acceptors (Lipinski definition) is 5. The maximum Gasteiger partial charge on any atom is 0.180 e. The Kier molecular flexibility index (Phi) is 2.28. The Balaban J connectivity index is 2.35. The Hall–Kier alpha value is -0.940. The van der Waals surface area contributed by atoms with Crippen LogP contribution in [-0.2, 0) is 6.42 Å². The van der Waals surface area contributed by atoms with Gasteiger partial charge < -0.3 is 5.73 Å². The minimum atomic E-state index is 0.612. The highest BCUT2D eigenvalue weighted by Crippen LogP contribution is 2.28. The van der Waals surface area contributed by atoms with Gasteiger partial charge in [-0.3, -0.25) is 0 Å². The lowest BCUT2D eigenvalue weighted by atomic mass is 10.4. The van der Waals surface area contributed by atoms with Gasteiger partial charge in [0.05, 0.1) is 15.6 Å². The average molecular weight is 211 g/mol. The van der Waals surface area contributed by atoms with Gasteiger partial charge in [0.25, 0.3) is 0 Å². The van der Waals surface area contributed by atoms with Gasteiger partial charge in [0.15, 0.2) is 5.13 Å². The number of rotatable bonds is 2. The molecule has 2 aromatic heterocycles. The molecule has 2 aromatic rings. The SMILES string of the molecule is CCc1ncc(-c2csc(N)n2)s1. The Morgan fingerprint density at radius 3 is 2.92 bits per heavy atom. The highest BCUT2D eigenvalue weighted by atomic mass is 32.1. The number of aromatic nitrogens is 2. The van der Waals surface area contributed by atoms with Crippen LogP contribution in [0, 0.1) is 0 Å². The van der Waals surface area contributed by atoms with E-state index in [2.05, 4.69) is 16.9 Å². The van der Waals surface area contributed by atoms with Crippen LogP contribution in [0.25, 0.3) is 10.6 Å². The van der Waals surface area contributed by atoms with Crippen LogP contribution in [-0.4, -0.2) is 9.97 Å². The molecule has 0 radical (unpaired) electrons. The van der Waals surface area contributed by atoms with Gasteiger partial charge >= 0.3 is 0 Å². The van der Waals surface area contributed by atoms with Crippen molar-refractivity contribution in [2.45, 2.75) is 13.3 Å². The molecule has 0 fully saturated rings. The topological polar surface area (TPSA) is 51.8 Å². The zero-order valence-electron chi connectivity index (χ0n) is 7.15. The molecule has 3 nitrogen and oxygen atoms in total. The summed E-state index contributed by atoms with van der Waals surface area (Å²) in [6, 6.07) is 0. The van der Waals surface area contributed by atoms with E-state index in [4.69, 9.17) is 5.73 Å². The minimum Gasteiger partial charge on any atom is -0.375 e. The van der Waals surface area contributed by atoms with Gasteiger partial charge in [-0.15, -0.1) is 22.7 Å². The van der Waals surface area contributed by atoms with Crippen molar-refractivity contribution in [1.29, 1.82) is 0 Å². The van der Waals surface area contributed by atoms with E-state index in [1.54, 1.807) is 11.3 Å². The summed E-state index contributed by atoms with van der Waals surface area (Å²) in [5.74, 6) is 0. The number of nitrogen functional groups attached to an aromatic ring is 1. The van der Waals surface area contributed by atoms with E-state index < -0.39 is 0 Å². The third-order valence-electron chi connectivity index (χ3n) is 1.63. The molecule has 68 valence electrons. The van der Waals surface area contributed by atoms with Crippen LogP contribution in [0.2, 0.25) is 0 Å². The van der Waals surface area contributed by atoms with Crippen LogP contribution in [0.15, 0.2) is 11.6 Å². The summed E-state index contributed by atoms with van der Waals surface area (Å²) >= 11 is 3.14. The molecule has 0 spiro atoms. The first-order valence-electron chi connectivity index (χ1n) is 3.95. The van der Waals surface area contributed by atoms with Crippen LogP contribution in [0.1, 0.15) is 11.9 Å². The third kappa shape index (κ3) is 1.71. The molecule has 5 heteroatoms. The van der Waals surface area contributed by atoms with Crippen LogP contribution in [0.4, 0.5) is 5.13 Å². The summed E-state index contributed by atoms with van der Waals surface area (Å²) in [7, 11) is 0. The summed E-state index contributed by atoms with van der Waals surface area (Å²) in [6.07, 6.45) is 2.84. The van der Waals surface area contributed by atoms with Gasteiger partial charge in [-0.2, -0.15) is 0 Å². The van der Waals surface area contributed by atoms with E-state index in [0.29, 0.717) is 5.13 Å². The fourth-order valence-corrected chi connectivity index (χ4v) is 2.45. The number of nitrogens with two attached hydrogens (primary N) is 1. The fraction of sp³-hybridized carbons (Fsp3) is 0.250. The lowest BCUT2D eigenvalue weighted by Gasteiger charge is -1.85. The lowest BCUT2D eigenvalue weighted by molar-refractivity contribution is 1.09. The number of aryl methyl sites for hydroxylation is 1. The smallest absolute Gasteiger partial charge is 0.180 e. The normalized spacial score (nSPS) is 10.5. The molecule has 2 heterocycles. The highest BCUT2D eigenvalue weighted by Gasteiger charge is 2.05. The zero-order valence-corrected chi connectivity index (χ0v) is 8.78. The van der Waals surface area contributed by atoms with Crippen molar-refractivity contribution in [2.24, 2.45) is 0 Å². The second-order valence-electron chi connectivity index (χ2n) is 2.54. The average Bonchev–Trinajstić information content (AvgIpc) is 2.71. The van der Waals surface area contributed by atoms with Gasteiger partial charge in [0, 0.05) is 11.6 Å². The predicted octanol–water partition coefficient (Wildman–Crippen LogP) is 2.41. The lowest BCUT2D eigenvalue weighted by Crippen LogP contribution is -1.80. The fourth-order valence-electron chi connectivity index (χ4n) is 0.993. The largest absolute Gasteiger partial charge is 0.375 e. The van der Waals surface area contributed by atoms with Crippen LogP contribution >= 0.6 is 22.7 Å². The molecule has 0 saturated heterocycles. The molecule has 0 aliphatic carbocycles. The Morgan fingerprint density at radius 2 is 2.38 bits per heavy atom. The first kappa shape index (κ1) is 8.65. The summed E-state index contributed by atoms with van der Waals surface area (Å²) in [5.41, 5.74) is 6.49. The predicted molar refractivity (Wildman–Crippen MR) is 57.0 cm³/mol. The van der Waals surface area contributed by atoms with E-state index >= 15 is 0 Å². The van der Waals surface area contributed by atoms with Crippen molar-refractivity contribution in [3.05, 3.63) is 16.6 Å². The third-order valence-corrected chi connectivity index (χ3v) is 3.47. The van der Waals surface area contributed by atoms with E-state index in [1.165, 1.54) is 11.3 Å². The van der Waals surface area contributed by atoms with E-state index in [0.717, 1.165) is 22.0 Å². The first-order valence-corrected chi connectivity index (χ1v) is 5.65. The molecule has 0 unspecified atom stereocenters. The van der Waals surface area contributed by atoms with Crippen LogP contribution in [0.5, 0.6) is 0 Å². The summed E-state index contributed by atoms with van der Waals surface area (Å²) in [4.78, 5) is 9.56. The number of hydrogen-bond donors (Lipinski definition) is 1. The van der Waals surface area contributed by atoms with E-state index in [-0.39, 0.29) is 0 Å². The van der Waals surface area contributed by atoms with Gasteiger partial charge in [0.2, 0.25) is 0 Å². The molecule has 0 amide bonds. The molecule has 2 N–H and O–H groups in total. The van der Waals surface area contributed by atoms with Crippen molar-refractivity contribution in [3.63, 3.8) is 0 Å². The molecular formula is C8H9N3S2. The van der Waals surface area contributed by atoms with Gasteiger partial charge in [0.1, 0.15) is 0 Å². The van der Waals surface area contributed by atoms with Crippen LogP contribution in [0.3, 0.4) is 0 Å². The molecule has 0 bridgehead atoms. The van der Waals surface area contributed by atoms with Crippen molar-refractivity contribution >= 4 is 27.8 Å². The Morgan fingerprint density at radius 1 is 1.54 bits per heavy atom. The van der Waals surface area contributed by atoms with Crippen molar-refractivity contribution in [3.8, 4) is 10.6 Å². The van der Waals surface area contributed by atoms with Crippen molar-refractivity contribution < 1.29 is 0 Å². The van der Waals surface area contributed by atoms with E-state index in [9.17, 15) is 0 Å². The monoisotopic (exact) mass is 211 g/mol.